The smallest absolute Gasteiger partial charge is 0.194 e. The molecule has 3 rings (SSSR count). The van der Waals surface area contributed by atoms with Crippen molar-refractivity contribution < 1.29 is 22.0 Å². The molecule has 0 nitrogen and oxygen atoms in total. The molecule has 170 valence electrons. The van der Waals surface area contributed by atoms with Crippen LogP contribution in [0.1, 0.15) is 55.7 Å². The topological polar surface area (TPSA) is 0 Å². The number of halogens is 5. The molecule has 3 aromatic rings. The van der Waals surface area contributed by atoms with E-state index in [-0.39, 0.29) is 29.5 Å². The van der Waals surface area contributed by atoms with Gasteiger partial charge in [-0.05, 0) is 60.1 Å². The van der Waals surface area contributed by atoms with Crippen molar-refractivity contribution in [3.05, 3.63) is 94.3 Å². The van der Waals surface area contributed by atoms with Gasteiger partial charge in [0.2, 0.25) is 0 Å². The van der Waals surface area contributed by atoms with Gasteiger partial charge in [0.1, 0.15) is 0 Å². The Balaban J connectivity index is 1.66. The largest absolute Gasteiger partial charge is 0.204 e. The molecule has 0 aliphatic carbocycles. The molecule has 0 aromatic heterocycles. The zero-order chi connectivity index (χ0) is 23.1. The fourth-order valence-electron chi connectivity index (χ4n) is 3.82. The Labute approximate surface area is 186 Å². The highest BCUT2D eigenvalue weighted by Gasteiger charge is 2.16. The predicted molar refractivity (Wildman–Crippen MR) is 118 cm³/mol. The van der Waals surface area contributed by atoms with E-state index < -0.39 is 29.1 Å². The summed E-state index contributed by atoms with van der Waals surface area (Å²) in [5.74, 6) is -6.08. The van der Waals surface area contributed by atoms with Gasteiger partial charge >= 0.3 is 0 Å². The molecule has 0 spiro atoms. The second kappa shape index (κ2) is 11.3. The number of hydrogen-bond acceptors (Lipinski definition) is 0. The minimum absolute atomic E-state index is 0.0323. The minimum atomic E-state index is -1.54. The summed E-state index contributed by atoms with van der Waals surface area (Å²) in [4.78, 5) is 0. The molecule has 5 heteroatoms. The van der Waals surface area contributed by atoms with Crippen molar-refractivity contribution in [3.8, 4) is 11.1 Å². The maximum Gasteiger partial charge on any atom is 0.194 e. The summed E-state index contributed by atoms with van der Waals surface area (Å²) in [7, 11) is 0. The molecule has 32 heavy (non-hydrogen) atoms. The molecule has 0 unspecified atom stereocenters. The second-order valence-electron chi connectivity index (χ2n) is 8.13. The molecule has 0 N–H and O–H groups in total. The SMILES string of the molecule is CCCCCCCc1ccc(-c2ccc(CCc3cc(F)c(F)c(F)c3)c(F)c2F)cc1. The Morgan fingerprint density at radius 3 is 1.88 bits per heavy atom. The molecular formula is C27H27F5. The highest BCUT2D eigenvalue weighted by molar-refractivity contribution is 5.65. The maximum absolute atomic E-state index is 14.7. The van der Waals surface area contributed by atoms with Crippen LogP contribution < -0.4 is 0 Å². The summed E-state index contributed by atoms with van der Waals surface area (Å²) >= 11 is 0. The number of aryl methyl sites for hydroxylation is 3. The summed E-state index contributed by atoms with van der Waals surface area (Å²) in [5, 5.41) is 0. The van der Waals surface area contributed by atoms with Crippen molar-refractivity contribution in [1.82, 2.24) is 0 Å². The van der Waals surface area contributed by atoms with Crippen molar-refractivity contribution in [1.29, 1.82) is 0 Å². The van der Waals surface area contributed by atoms with Crippen molar-refractivity contribution in [2.45, 2.75) is 58.3 Å². The van der Waals surface area contributed by atoms with Crippen LogP contribution in [0, 0.1) is 29.1 Å². The molecular weight excluding hydrogens is 419 g/mol. The molecule has 0 fully saturated rings. The Kier molecular flexibility index (Phi) is 8.43. The van der Waals surface area contributed by atoms with Crippen LogP contribution in [0.2, 0.25) is 0 Å². The van der Waals surface area contributed by atoms with Gasteiger partial charge in [0, 0.05) is 5.56 Å². The predicted octanol–water partition coefficient (Wildman–Crippen LogP) is 8.35. The monoisotopic (exact) mass is 446 g/mol. The highest BCUT2D eigenvalue weighted by atomic mass is 19.2. The molecule has 0 saturated carbocycles. The Morgan fingerprint density at radius 1 is 0.562 bits per heavy atom. The lowest BCUT2D eigenvalue weighted by Gasteiger charge is -2.10. The molecule has 0 aliphatic heterocycles. The minimum Gasteiger partial charge on any atom is -0.204 e. The van der Waals surface area contributed by atoms with Crippen LogP contribution in [-0.4, -0.2) is 0 Å². The van der Waals surface area contributed by atoms with Gasteiger partial charge in [-0.3, -0.25) is 0 Å². The van der Waals surface area contributed by atoms with Crippen molar-refractivity contribution in [2.24, 2.45) is 0 Å². The lowest BCUT2D eigenvalue weighted by Crippen LogP contribution is -2.01. The van der Waals surface area contributed by atoms with E-state index in [1.165, 1.54) is 43.4 Å². The second-order valence-corrected chi connectivity index (χ2v) is 8.13. The third-order valence-electron chi connectivity index (χ3n) is 5.72. The fraction of sp³-hybridized carbons (Fsp3) is 0.333. The Bertz CT molecular complexity index is 1020. The van der Waals surface area contributed by atoms with E-state index in [4.69, 9.17) is 0 Å². The average Bonchev–Trinajstić information content (AvgIpc) is 2.79. The standard InChI is InChI=1S/C27H27F5/c1-2-3-4-5-6-7-18-8-11-20(12-9-18)22-15-14-21(25(30)26(22)31)13-10-19-16-23(28)27(32)24(29)17-19/h8-9,11-12,14-17H,2-7,10,13H2,1H3. The third-order valence-corrected chi connectivity index (χ3v) is 5.72. The summed E-state index contributed by atoms with van der Waals surface area (Å²) in [6.45, 7) is 2.18. The molecule has 3 aromatic carbocycles. The lowest BCUT2D eigenvalue weighted by molar-refractivity contribution is 0.445. The van der Waals surface area contributed by atoms with Gasteiger partial charge in [0.15, 0.2) is 29.1 Å². The zero-order valence-electron chi connectivity index (χ0n) is 18.2. The van der Waals surface area contributed by atoms with E-state index in [1.54, 1.807) is 12.1 Å². The fourth-order valence-corrected chi connectivity index (χ4v) is 3.82. The van der Waals surface area contributed by atoms with Crippen LogP contribution in [-0.2, 0) is 19.3 Å². The number of unbranched alkanes of at least 4 members (excludes halogenated alkanes) is 4. The van der Waals surface area contributed by atoms with Crippen molar-refractivity contribution >= 4 is 0 Å². The van der Waals surface area contributed by atoms with Crippen LogP contribution in [0.15, 0.2) is 48.5 Å². The zero-order valence-corrected chi connectivity index (χ0v) is 18.2. The van der Waals surface area contributed by atoms with Gasteiger partial charge in [0.05, 0.1) is 0 Å². The molecule has 0 aliphatic rings. The van der Waals surface area contributed by atoms with Gasteiger partial charge in [-0.2, -0.15) is 0 Å². The van der Waals surface area contributed by atoms with Gasteiger partial charge in [-0.15, -0.1) is 0 Å². The summed E-state index contributed by atoms with van der Waals surface area (Å²) < 4.78 is 69.1. The van der Waals surface area contributed by atoms with E-state index >= 15 is 0 Å². The Hall–Kier alpha value is -2.69. The lowest BCUT2D eigenvalue weighted by atomic mass is 9.97. The van der Waals surface area contributed by atoms with Crippen LogP contribution in [0.3, 0.4) is 0 Å². The van der Waals surface area contributed by atoms with Gasteiger partial charge in [0.25, 0.3) is 0 Å². The van der Waals surface area contributed by atoms with E-state index in [0.29, 0.717) is 5.56 Å². The van der Waals surface area contributed by atoms with Crippen molar-refractivity contribution in [2.75, 3.05) is 0 Å². The van der Waals surface area contributed by atoms with Gasteiger partial charge < -0.3 is 0 Å². The summed E-state index contributed by atoms with van der Waals surface area (Å²) in [6, 6.07) is 12.2. The van der Waals surface area contributed by atoms with Crippen LogP contribution in [0.4, 0.5) is 22.0 Å². The number of hydrogen-bond donors (Lipinski definition) is 0. The molecule has 0 atom stereocenters. The van der Waals surface area contributed by atoms with Crippen LogP contribution >= 0.6 is 0 Å². The van der Waals surface area contributed by atoms with Crippen molar-refractivity contribution in [3.63, 3.8) is 0 Å². The highest BCUT2D eigenvalue weighted by Crippen LogP contribution is 2.28. The first kappa shape index (κ1) is 24.0. The first-order valence-electron chi connectivity index (χ1n) is 11.1. The Morgan fingerprint density at radius 2 is 1.22 bits per heavy atom. The van der Waals surface area contributed by atoms with Gasteiger partial charge in [-0.1, -0.05) is 69.0 Å². The number of benzene rings is 3. The third kappa shape index (κ3) is 5.96. The summed E-state index contributed by atoms with van der Waals surface area (Å²) in [5.41, 5.74) is 2.20. The summed E-state index contributed by atoms with van der Waals surface area (Å²) in [6.07, 6.45) is 7.03. The number of rotatable bonds is 10. The maximum atomic E-state index is 14.7. The van der Waals surface area contributed by atoms with Crippen LogP contribution in [0.5, 0.6) is 0 Å². The van der Waals surface area contributed by atoms with E-state index in [2.05, 4.69) is 6.92 Å². The molecule has 0 saturated heterocycles. The van der Waals surface area contributed by atoms with E-state index in [1.807, 2.05) is 12.1 Å². The normalized spacial score (nSPS) is 11.2. The molecule has 0 radical (unpaired) electrons. The van der Waals surface area contributed by atoms with E-state index in [0.717, 1.165) is 25.0 Å². The first-order chi connectivity index (χ1) is 15.4. The van der Waals surface area contributed by atoms with Crippen LogP contribution in [0.25, 0.3) is 11.1 Å². The average molecular weight is 447 g/mol. The quantitative estimate of drug-likeness (QED) is 0.167. The first-order valence-corrected chi connectivity index (χ1v) is 11.1. The van der Waals surface area contributed by atoms with Gasteiger partial charge in [-0.25, -0.2) is 22.0 Å². The molecule has 0 heterocycles. The van der Waals surface area contributed by atoms with E-state index in [9.17, 15) is 22.0 Å². The molecule has 0 bridgehead atoms. The molecule has 0 amide bonds.